The molecule has 2 atom stereocenters. The van der Waals surface area contributed by atoms with E-state index in [-0.39, 0.29) is 11.4 Å². The molecule has 6 heteroatoms. The highest BCUT2D eigenvalue weighted by molar-refractivity contribution is 7.89. The van der Waals surface area contributed by atoms with Gasteiger partial charge in [0, 0.05) is 6.54 Å². The van der Waals surface area contributed by atoms with Crippen LogP contribution in [0.25, 0.3) is 0 Å². The highest BCUT2D eigenvalue weighted by Crippen LogP contribution is 2.20. The van der Waals surface area contributed by atoms with Gasteiger partial charge in [-0.1, -0.05) is 26.0 Å². The van der Waals surface area contributed by atoms with Gasteiger partial charge < -0.3 is 10.2 Å². The molecule has 1 aromatic carbocycles. The third-order valence-corrected chi connectivity index (χ3v) is 4.53. The fraction of sp³-hybridized carbons (Fsp3) is 0.538. The monoisotopic (exact) mass is 287 g/mol. The molecule has 1 aromatic rings. The minimum absolute atomic E-state index is 0.157. The smallest absolute Gasteiger partial charge is 0.240 e. The Balaban J connectivity index is 2.79. The van der Waals surface area contributed by atoms with Gasteiger partial charge in [0.2, 0.25) is 10.0 Å². The first kappa shape index (κ1) is 16.1. The molecule has 5 nitrogen and oxygen atoms in total. The summed E-state index contributed by atoms with van der Waals surface area (Å²) in [7, 11) is -3.64. The summed E-state index contributed by atoms with van der Waals surface area (Å²) in [6.07, 6.45) is -0.0956. The van der Waals surface area contributed by atoms with Crippen molar-refractivity contribution in [2.24, 2.45) is 0 Å². The molecular formula is C13H21NO4S. The van der Waals surface area contributed by atoms with E-state index in [9.17, 15) is 8.42 Å². The van der Waals surface area contributed by atoms with E-state index in [0.717, 1.165) is 12.0 Å². The number of sulfonamides is 1. The molecular weight excluding hydrogens is 266 g/mol. The maximum Gasteiger partial charge on any atom is 0.240 e. The lowest BCUT2D eigenvalue weighted by Crippen LogP contribution is -2.33. The van der Waals surface area contributed by atoms with Crippen LogP contribution in [0.2, 0.25) is 0 Å². The van der Waals surface area contributed by atoms with Crippen LogP contribution in [0.15, 0.2) is 29.2 Å². The topological polar surface area (TPSA) is 86.6 Å². The molecule has 0 aliphatic carbocycles. The predicted octanol–water partition coefficient (Wildman–Crippen LogP) is 0.832. The SMILES string of the molecule is CCC(C)c1ccc(S(=O)(=O)NCC(O)CO)cc1. The summed E-state index contributed by atoms with van der Waals surface area (Å²) in [5, 5.41) is 17.8. The van der Waals surface area contributed by atoms with Gasteiger partial charge in [-0.25, -0.2) is 13.1 Å². The van der Waals surface area contributed by atoms with Gasteiger partial charge in [-0.2, -0.15) is 0 Å². The van der Waals surface area contributed by atoms with Crippen molar-refractivity contribution < 1.29 is 18.6 Å². The third kappa shape index (κ3) is 4.58. The largest absolute Gasteiger partial charge is 0.394 e. The molecule has 0 radical (unpaired) electrons. The molecule has 0 saturated carbocycles. The van der Waals surface area contributed by atoms with E-state index in [4.69, 9.17) is 10.2 Å². The fourth-order valence-corrected chi connectivity index (χ4v) is 2.64. The Hall–Kier alpha value is -0.950. The number of aliphatic hydroxyl groups is 2. The van der Waals surface area contributed by atoms with Gasteiger partial charge in [-0.05, 0) is 30.0 Å². The third-order valence-electron chi connectivity index (χ3n) is 3.09. The van der Waals surface area contributed by atoms with Gasteiger partial charge in [0.1, 0.15) is 0 Å². The van der Waals surface area contributed by atoms with E-state index >= 15 is 0 Å². The first-order chi connectivity index (χ1) is 8.90. The Morgan fingerprint density at radius 3 is 2.32 bits per heavy atom. The van der Waals surface area contributed by atoms with Crippen molar-refractivity contribution in [1.29, 1.82) is 0 Å². The highest BCUT2D eigenvalue weighted by atomic mass is 32.2. The molecule has 108 valence electrons. The Kier molecular flexibility index (Phi) is 5.93. The van der Waals surface area contributed by atoms with Crippen LogP contribution < -0.4 is 4.72 Å². The lowest BCUT2D eigenvalue weighted by Gasteiger charge is -2.12. The van der Waals surface area contributed by atoms with Crippen molar-refractivity contribution in [3.63, 3.8) is 0 Å². The standard InChI is InChI=1S/C13H21NO4S/c1-3-10(2)11-4-6-13(7-5-11)19(17,18)14-8-12(16)9-15/h4-7,10,12,14-16H,3,8-9H2,1-2H3. The summed E-state index contributed by atoms with van der Waals surface area (Å²) >= 11 is 0. The molecule has 0 fully saturated rings. The van der Waals surface area contributed by atoms with Crippen LogP contribution in [-0.2, 0) is 10.0 Å². The number of aliphatic hydroxyl groups excluding tert-OH is 2. The minimum Gasteiger partial charge on any atom is -0.394 e. The number of hydrogen-bond donors (Lipinski definition) is 3. The molecule has 2 unspecified atom stereocenters. The van der Waals surface area contributed by atoms with Gasteiger partial charge in [0.25, 0.3) is 0 Å². The Morgan fingerprint density at radius 1 is 1.26 bits per heavy atom. The summed E-state index contributed by atoms with van der Waals surface area (Å²) in [5.41, 5.74) is 1.09. The van der Waals surface area contributed by atoms with Crippen LogP contribution in [0.3, 0.4) is 0 Å². The van der Waals surface area contributed by atoms with Crippen LogP contribution in [0.1, 0.15) is 31.7 Å². The van der Waals surface area contributed by atoms with Crippen molar-refractivity contribution >= 4 is 10.0 Å². The molecule has 0 heterocycles. The van der Waals surface area contributed by atoms with Crippen molar-refractivity contribution in [2.75, 3.05) is 13.2 Å². The van der Waals surface area contributed by atoms with Crippen molar-refractivity contribution in [3.8, 4) is 0 Å². The van der Waals surface area contributed by atoms with Crippen LogP contribution in [0.4, 0.5) is 0 Å². The summed E-state index contributed by atoms with van der Waals surface area (Å²) in [6.45, 7) is 3.48. The predicted molar refractivity (Wildman–Crippen MR) is 73.4 cm³/mol. The average Bonchev–Trinajstić information content (AvgIpc) is 2.44. The average molecular weight is 287 g/mol. The first-order valence-electron chi connectivity index (χ1n) is 6.29. The molecule has 0 aromatic heterocycles. The molecule has 0 saturated heterocycles. The van der Waals surface area contributed by atoms with Gasteiger partial charge in [0.15, 0.2) is 0 Å². The summed E-state index contributed by atoms with van der Waals surface area (Å²) in [4.78, 5) is 0.157. The van der Waals surface area contributed by atoms with E-state index < -0.39 is 22.7 Å². The van der Waals surface area contributed by atoms with Gasteiger partial charge in [-0.15, -0.1) is 0 Å². The van der Waals surface area contributed by atoms with Crippen LogP contribution in [-0.4, -0.2) is 37.9 Å². The zero-order chi connectivity index (χ0) is 14.5. The lowest BCUT2D eigenvalue weighted by molar-refractivity contribution is 0.0988. The number of hydrogen-bond acceptors (Lipinski definition) is 4. The van der Waals surface area contributed by atoms with Crippen LogP contribution in [0.5, 0.6) is 0 Å². The van der Waals surface area contributed by atoms with Gasteiger partial charge >= 0.3 is 0 Å². The summed E-state index contributed by atoms with van der Waals surface area (Å²) in [6, 6.07) is 6.70. The number of nitrogens with one attached hydrogen (secondary N) is 1. The Morgan fingerprint density at radius 2 is 1.84 bits per heavy atom. The number of benzene rings is 1. The Labute approximate surface area is 114 Å². The van der Waals surface area contributed by atoms with E-state index in [0.29, 0.717) is 5.92 Å². The zero-order valence-electron chi connectivity index (χ0n) is 11.2. The molecule has 0 spiro atoms. The fourth-order valence-electron chi connectivity index (χ4n) is 1.56. The molecule has 0 aliphatic rings. The van der Waals surface area contributed by atoms with Crippen LogP contribution >= 0.6 is 0 Å². The van der Waals surface area contributed by atoms with Gasteiger partial charge in [0.05, 0.1) is 17.6 Å². The molecule has 19 heavy (non-hydrogen) atoms. The first-order valence-corrected chi connectivity index (χ1v) is 7.77. The second kappa shape index (κ2) is 7.00. The molecule has 0 aliphatic heterocycles. The number of rotatable bonds is 7. The van der Waals surface area contributed by atoms with Crippen molar-refractivity contribution in [2.45, 2.75) is 37.2 Å². The molecule has 0 amide bonds. The molecule has 1 rings (SSSR count). The van der Waals surface area contributed by atoms with E-state index in [1.54, 1.807) is 24.3 Å². The quantitative estimate of drug-likeness (QED) is 0.693. The van der Waals surface area contributed by atoms with Gasteiger partial charge in [-0.3, -0.25) is 0 Å². The second-order valence-electron chi connectivity index (χ2n) is 4.57. The van der Waals surface area contributed by atoms with E-state index in [1.165, 1.54) is 0 Å². The summed E-state index contributed by atoms with van der Waals surface area (Å²) in [5.74, 6) is 0.390. The van der Waals surface area contributed by atoms with E-state index in [2.05, 4.69) is 18.6 Å². The molecule has 0 bridgehead atoms. The maximum atomic E-state index is 11.9. The van der Waals surface area contributed by atoms with E-state index in [1.807, 2.05) is 0 Å². The normalized spacial score (nSPS) is 15.2. The van der Waals surface area contributed by atoms with Crippen LogP contribution in [0, 0.1) is 0 Å². The second-order valence-corrected chi connectivity index (χ2v) is 6.33. The Bertz CT molecular complexity index is 484. The zero-order valence-corrected chi connectivity index (χ0v) is 12.0. The lowest BCUT2D eigenvalue weighted by atomic mass is 9.99. The van der Waals surface area contributed by atoms with Crippen molar-refractivity contribution in [3.05, 3.63) is 29.8 Å². The summed E-state index contributed by atoms with van der Waals surface area (Å²) < 4.78 is 26.0. The highest BCUT2D eigenvalue weighted by Gasteiger charge is 2.15. The maximum absolute atomic E-state index is 11.9. The van der Waals surface area contributed by atoms with Crippen molar-refractivity contribution in [1.82, 2.24) is 4.72 Å². The molecule has 3 N–H and O–H groups in total. The minimum atomic E-state index is -3.64.